The molecule has 5 rings (SSSR count). The molecule has 2 heterocycles. The Bertz CT molecular complexity index is 1550. The summed E-state index contributed by atoms with van der Waals surface area (Å²) in [5.74, 6) is 0.0735. The molecule has 1 amide bonds. The minimum atomic E-state index is -0.925. The van der Waals surface area contributed by atoms with Gasteiger partial charge in [0.1, 0.15) is 17.3 Å². The van der Waals surface area contributed by atoms with Crippen LogP contribution in [0, 0.1) is 0 Å². The number of Topliss-reactive ketones (excluding diaryl/α,β-unsaturated/α-hetero) is 1. The van der Waals surface area contributed by atoms with Gasteiger partial charge < -0.3 is 14.6 Å². The molecule has 1 aliphatic heterocycles. The predicted molar refractivity (Wildman–Crippen MR) is 161 cm³/mol. The summed E-state index contributed by atoms with van der Waals surface area (Å²) in [7, 11) is 0. The number of ether oxygens (including phenoxy) is 2. The molecule has 1 atom stereocenters. The molecule has 1 aliphatic rings. The van der Waals surface area contributed by atoms with Crippen molar-refractivity contribution in [1.82, 2.24) is 10.2 Å². The molecule has 210 valence electrons. The number of hydrogen-bond acceptors (Lipinski definition) is 9. The molecule has 0 aliphatic carbocycles. The van der Waals surface area contributed by atoms with Gasteiger partial charge >= 0.3 is 5.91 Å². The lowest BCUT2D eigenvalue weighted by Crippen LogP contribution is -2.29. The Kier molecular flexibility index (Phi) is 9.01. The monoisotopic (exact) mass is 587 g/mol. The second-order valence-corrected chi connectivity index (χ2v) is 11.4. The second-order valence-electron chi connectivity index (χ2n) is 9.17. The molecule has 1 N–H and O–H groups in total. The van der Waals surface area contributed by atoms with Crippen LogP contribution in [0.1, 0.15) is 43.0 Å². The number of benzene rings is 3. The van der Waals surface area contributed by atoms with E-state index in [-0.39, 0.29) is 16.5 Å². The van der Waals surface area contributed by atoms with E-state index in [9.17, 15) is 14.7 Å². The maximum absolute atomic E-state index is 13.5. The number of anilines is 1. The molecule has 8 nitrogen and oxygen atoms in total. The highest BCUT2D eigenvalue weighted by molar-refractivity contribution is 8.00. The second kappa shape index (κ2) is 13.0. The van der Waals surface area contributed by atoms with Crippen LogP contribution >= 0.6 is 23.1 Å². The molecular formula is C31H29N3O5S2. The van der Waals surface area contributed by atoms with E-state index in [0.29, 0.717) is 45.9 Å². The zero-order chi connectivity index (χ0) is 28.8. The average Bonchev–Trinajstić information content (AvgIpc) is 3.57. The van der Waals surface area contributed by atoms with Crippen molar-refractivity contribution in [2.24, 2.45) is 0 Å². The fourth-order valence-electron chi connectivity index (χ4n) is 4.45. The van der Waals surface area contributed by atoms with Crippen LogP contribution in [0.5, 0.6) is 11.5 Å². The van der Waals surface area contributed by atoms with Gasteiger partial charge in [-0.3, -0.25) is 14.5 Å². The van der Waals surface area contributed by atoms with Crippen LogP contribution in [0.4, 0.5) is 5.13 Å². The number of aliphatic hydroxyl groups is 1. The van der Waals surface area contributed by atoms with Crippen molar-refractivity contribution in [2.75, 3.05) is 18.1 Å². The third kappa shape index (κ3) is 6.28. The third-order valence-corrected chi connectivity index (χ3v) is 8.46. The first-order valence-electron chi connectivity index (χ1n) is 13.3. The van der Waals surface area contributed by atoms with Gasteiger partial charge in [-0.1, -0.05) is 72.5 Å². The summed E-state index contributed by atoms with van der Waals surface area (Å²) in [6.07, 6.45) is 0.865. The van der Waals surface area contributed by atoms with Crippen LogP contribution in [-0.4, -0.2) is 40.2 Å². The molecule has 10 heteroatoms. The van der Waals surface area contributed by atoms with Crippen molar-refractivity contribution >= 4 is 45.7 Å². The molecule has 41 heavy (non-hydrogen) atoms. The van der Waals surface area contributed by atoms with Crippen molar-refractivity contribution in [3.05, 3.63) is 101 Å². The van der Waals surface area contributed by atoms with Crippen LogP contribution in [0.2, 0.25) is 0 Å². The van der Waals surface area contributed by atoms with Gasteiger partial charge in [-0.2, -0.15) is 0 Å². The fourth-order valence-corrected chi connectivity index (χ4v) is 6.27. The van der Waals surface area contributed by atoms with Crippen molar-refractivity contribution in [3.8, 4) is 11.5 Å². The molecule has 3 aromatic carbocycles. The van der Waals surface area contributed by atoms with Gasteiger partial charge in [0, 0.05) is 11.3 Å². The Balaban J connectivity index is 1.53. The first kappa shape index (κ1) is 28.4. The smallest absolute Gasteiger partial charge is 0.301 e. The standard InChI is InChI=1S/C31H29N3O5S2/c1-3-17-39-23-15-13-21(14-16-23)27(35)25-26(22-11-8-12-24(18-22)38-4-2)34(29(37)28(25)36)30-32-33-31(41-30)40-19-20-9-6-5-7-10-20/h5-16,18,26,35H,3-4,17,19H2,1-2H3. The maximum Gasteiger partial charge on any atom is 0.301 e. The van der Waals surface area contributed by atoms with Gasteiger partial charge in [-0.25, -0.2) is 0 Å². The SMILES string of the molecule is CCCOc1ccc(C(O)=C2C(=O)C(=O)N(c3nnc(SCc4ccccc4)s3)C2c2cccc(OCC)c2)cc1. The predicted octanol–water partition coefficient (Wildman–Crippen LogP) is 6.64. The topological polar surface area (TPSA) is 102 Å². The van der Waals surface area contributed by atoms with Gasteiger partial charge in [-0.05, 0) is 60.9 Å². The Morgan fingerprint density at radius 3 is 2.46 bits per heavy atom. The summed E-state index contributed by atoms with van der Waals surface area (Å²) in [5.41, 5.74) is 2.11. The van der Waals surface area contributed by atoms with E-state index in [2.05, 4.69) is 10.2 Å². The van der Waals surface area contributed by atoms with Gasteiger partial charge in [0.25, 0.3) is 5.78 Å². The van der Waals surface area contributed by atoms with E-state index >= 15 is 0 Å². The number of rotatable bonds is 11. The molecule has 1 fully saturated rings. The lowest BCUT2D eigenvalue weighted by atomic mass is 9.95. The Hall–Kier alpha value is -4.15. The molecule has 1 saturated heterocycles. The van der Waals surface area contributed by atoms with Gasteiger partial charge in [0.15, 0.2) is 4.34 Å². The van der Waals surface area contributed by atoms with Crippen LogP contribution in [0.25, 0.3) is 5.76 Å². The van der Waals surface area contributed by atoms with Crippen molar-refractivity contribution in [1.29, 1.82) is 0 Å². The van der Waals surface area contributed by atoms with E-state index in [0.717, 1.165) is 12.0 Å². The zero-order valence-corrected chi connectivity index (χ0v) is 24.3. The van der Waals surface area contributed by atoms with Crippen LogP contribution in [0.15, 0.2) is 88.8 Å². The number of carbonyl (C=O) groups is 2. The fraction of sp³-hybridized carbons (Fsp3) is 0.226. The summed E-state index contributed by atoms with van der Waals surface area (Å²) in [5, 5.41) is 20.3. The molecule has 1 aromatic heterocycles. The summed E-state index contributed by atoms with van der Waals surface area (Å²) in [6, 6.07) is 23.0. The summed E-state index contributed by atoms with van der Waals surface area (Å²) in [4.78, 5) is 28.4. The molecule has 0 saturated carbocycles. The highest BCUT2D eigenvalue weighted by atomic mass is 32.2. The molecular weight excluding hydrogens is 558 g/mol. The lowest BCUT2D eigenvalue weighted by Gasteiger charge is -2.23. The molecule has 1 unspecified atom stereocenters. The van der Waals surface area contributed by atoms with E-state index in [1.807, 2.05) is 44.2 Å². The minimum absolute atomic E-state index is 0.0282. The summed E-state index contributed by atoms with van der Waals surface area (Å²) < 4.78 is 12.0. The largest absolute Gasteiger partial charge is 0.507 e. The van der Waals surface area contributed by atoms with Crippen LogP contribution in [0.3, 0.4) is 0 Å². The first-order valence-corrected chi connectivity index (χ1v) is 15.1. The number of nitrogens with zero attached hydrogens (tertiary/aromatic N) is 3. The molecule has 0 bridgehead atoms. The van der Waals surface area contributed by atoms with E-state index < -0.39 is 17.7 Å². The number of aromatic nitrogens is 2. The Morgan fingerprint density at radius 1 is 0.951 bits per heavy atom. The quantitative estimate of drug-likeness (QED) is 0.0685. The maximum atomic E-state index is 13.5. The van der Waals surface area contributed by atoms with Gasteiger partial charge in [0.2, 0.25) is 5.13 Å². The Morgan fingerprint density at radius 2 is 1.73 bits per heavy atom. The summed E-state index contributed by atoms with van der Waals surface area (Å²) in [6.45, 7) is 4.92. The van der Waals surface area contributed by atoms with E-state index in [4.69, 9.17) is 9.47 Å². The van der Waals surface area contributed by atoms with Gasteiger partial charge in [-0.15, -0.1) is 10.2 Å². The number of carbonyl (C=O) groups excluding carboxylic acids is 2. The highest BCUT2D eigenvalue weighted by Gasteiger charge is 2.48. The lowest BCUT2D eigenvalue weighted by molar-refractivity contribution is -0.132. The van der Waals surface area contributed by atoms with Crippen LogP contribution in [-0.2, 0) is 15.3 Å². The van der Waals surface area contributed by atoms with E-state index in [1.54, 1.807) is 48.5 Å². The highest BCUT2D eigenvalue weighted by Crippen LogP contribution is 2.44. The van der Waals surface area contributed by atoms with Crippen molar-refractivity contribution < 1.29 is 24.2 Å². The number of hydrogen-bond donors (Lipinski definition) is 1. The molecule has 0 radical (unpaired) electrons. The van der Waals surface area contributed by atoms with Crippen molar-refractivity contribution in [2.45, 2.75) is 36.4 Å². The summed E-state index contributed by atoms with van der Waals surface area (Å²) >= 11 is 2.73. The minimum Gasteiger partial charge on any atom is -0.507 e. The molecule has 4 aromatic rings. The number of thioether (sulfide) groups is 1. The number of aliphatic hydroxyl groups excluding tert-OH is 1. The number of ketones is 1. The zero-order valence-electron chi connectivity index (χ0n) is 22.6. The van der Waals surface area contributed by atoms with Crippen molar-refractivity contribution in [3.63, 3.8) is 0 Å². The normalized spacial score (nSPS) is 16.2. The first-order chi connectivity index (χ1) is 20.0. The van der Waals surface area contributed by atoms with E-state index in [1.165, 1.54) is 28.0 Å². The average molecular weight is 588 g/mol. The van der Waals surface area contributed by atoms with Gasteiger partial charge in [0.05, 0.1) is 24.8 Å². The third-order valence-electron chi connectivity index (χ3n) is 6.34. The molecule has 0 spiro atoms. The van der Waals surface area contributed by atoms with Crippen LogP contribution < -0.4 is 14.4 Å². The number of amides is 1. The Labute approximate surface area is 246 Å².